The van der Waals surface area contributed by atoms with Gasteiger partial charge in [0, 0.05) is 5.02 Å². The molecule has 0 aliphatic carbocycles. The van der Waals surface area contributed by atoms with Gasteiger partial charge in [0.2, 0.25) is 0 Å². The molecule has 76 valence electrons. The van der Waals surface area contributed by atoms with Gasteiger partial charge in [-0.1, -0.05) is 29.2 Å². The van der Waals surface area contributed by atoms with E-state index in [1.165, 1.54) is 0 Å². The molecule has 0 fully saturated rings. The molecule has 14 heavy (non-hydrogen) atoms. The SMILES string of the molecule is O=C(O)c1ccc([B-](F)(F)F)c(Cl)c1. The third-order valence-electron chi connectivity index (χ3n) is 1.60. The Morgan fingerprint density at radius 3 is 2.29 bits per heavy atom. The van der Waals surface area contributed by atoms with Crippen molar-refractivity contribution in [3.05, 3.63) is 28.8 Å². The summed E-state index contributed by atoms with van der Waals surface area (Å²) in [4.78, 5) is 10.4. The van der Waals surface area contributed by atoms with E-state index in [9.17, 15) is 17.7 Å². The zero-order valence-corrected chi connectivity index (χ0v) is 7.43. The van der Waals surface area contributed by atoms with Crippen LogP contribution in [0.4, 0.5) is 12.9 Å². The maximum Gasteiger partial charge on any atom is 0.511 e. The lowest BCUT2D eigenvalue weighted by molar-refractivity contribution is 0.0697. The molecule has 0 aliphatic heterocycles. The van der Waals surface area contributed by atoms with Gasteiger partial charge in [-0.05, 0) is 6.07 Å². The van der Waals surface area contributed by atoms with Crippen LogP contribution in [0.5, 0.6) is 0 Å². The molecule has 0 amide bonds. The highest BCUT2D eigenvalue weighted by atomic mass is 35.5. The maximum absolute atomic E-state index is 12.2. The van der Waals surface area contributed by atoms with Crippen LogP contribution >= 0.6 is 11.6 Å². The van der Waals surface area contributed by atoms with Crippen molar-refractivity contribution in [3.8, 4) is 0 Å². The van der Waals surface area contributed by atoms with Crippen LogP contribution in [0, 0.1) is 0 Å². The number of benzene rings is 1. The quantitative estimate of drug-likeness (QED) is 0.780. The van der Waals surface area contributed by atoms with Crippen LogP contribution in [0.1, 0.15) is 10.4 Å². The first-order valence-electron chi connectivity index (χ1n) is 3.55. The van der Waals surface area contributed by atoms with E-state index in [-0.39, 0.29) is 5.56 Å². The monoisotopic (exact) mass is 223 g/mol. The van der Waals surface area contributed by atoms with Crippen LogP contribution in [0.25, 0.3) is 0 Å². The van der Waals surface area contributed by atoms with Crippen molar-refractivity contribution in [1.82, 2.24) is 0 Å². The lowest BCUT2D eigenvalue weighted by Crippen LogP contribution is -2.35. The molecule has 1 aromatic rings. The van der Waals surface area contributed by atoms with E-state index in [2.05, 4.69) is 0 Å². The molecule has 1 N–H and O–H groups in total. The summed E-state index contributed by atoms with van der Waals surface area (Å²) in [6, 6.07) is 2.33. The molecule has 1 rings (SSSR count). The average molecular weight is 223 g/mol. The Bertz CT molecular complexity index is 378. The number of aromatic carboxylic acids is 1. The normalized spacial score (nSPS) is 11.4. The third kappa shape index (κ3) is 2.20. The Hall–Kier alpha value is -1.17. The second-order valence-corrected chi connectivity index (χ2v) is 3.02. The number of carboxylic acid groups (broad SMARTS) is 1. The first-order chi connectivity index (χ1) is 6.32. The molecule has 2 nitrogen and oxygen atoms in total. The van der Waals surface area contributed by atoms with Crippen molar-refractivity contribution in [3.63, 3.8) is 0 Å². The number of carbonyl (C=O) groups is 1. The fourth-order valence-electron chi connectivity index (χ4n) is 0.926. The number of rotatable bonds is 2. The highest BCUT2D eigenvalue weighted by molar-refractivity contribution is 6.76. The number of hydrogen-bond donors (Lipinski definition) is 1. The summed E-state index contributed by atoms with van der Waals surface area (Å²) in [5, 5.41) is 7.88. The molecule has 0 saturated carbocycles. The van der Waals surface area contributed by atoms with E-state index in [0.29, 0.717) is 6.07 Å². The van der Waals surface area contributed by atoms with Gasteiger partial charge in [-0.15, -0.1) is 0 Å². The van der Waals surface area contributed by atoms with Crippen LogP contribution in [0.3, 0.4) is 0 Å². The molecule has 7 heteroatoms. The van der Waals surface area contributed by atoms with Crippen molar-refractivity contribution >= 4 is 30.0 Å². The van der Waals surface area contributed by atoms with Gasteiger partial charge in [-0.25, -0.2) is 4.79 Å². The minimum absolute atomic E-state index is 0.265. The van der Waals surface area contributed by atoms with Gasteiger partial charge < -0.3 is 18.1 Å². The lowest BCUT2D eigenvalue weighted by atomic mass is 9.80. The van der Waals surface area contributed by atoms with Gasteiger partial charge in [-0.2, -0.15) is 0 Å². The second kappa shape index (κ2) is 3.53. The third-order valence-corrected chi connectivity index (χ3v) is 1.93. The summed E-state index contributed by atoms with van der Waals surface area (Å²) < 4.78 is 36.6. The van der Waals surface area contributed by atoms with E-state index in [1.807, 2.05) is 0 Å². The van der Waals surface area contributed by atoms with E-state index in [0.717, 1.165) is 12.1 Å². The van der Waals surface area contributed by atoms with Gasteiger partial charge in [0.15, 0.2) is 0 Å². The fourth-order valence-corrected chi connectivity index (χ4v) is 1.23. The van der Waals surface area contributed by atoms with Gasteiger partial charge in [-0.3, -0.25) is 0 Å². The minimum Gasteiger partial charge on any atom is -0.478 e. The second-order valence-electron chi connectivity index (χ2n) is 2.62. The molecule has 0 aromatic heterocycles. The van der Waals surface area contributed by atoms with E-state index in [1.54, 1.807) is 0 Å². The predicted molar refractivity (Wildman–Crippen MR) is 47.1 cm³/mol. The minimum atomic E-state index is -5.19. The summed E-state index contributed by atoms with van der Waals surface area (Å²) in [6.45, 7) is -5.19. The molecular weight excluding hydrogens is 219 g/mol. The Balaban J connectivity index is 3.21. The van der Waals surface area contributed by atoms with Crippen LogP contribution in [-0.2, 0) is 0 Å². The van der Waals surface area contributed by atoms with E-state index in [4.69, 9.17) is 16.7 Å². The van der Waals surface area contributed by atoms with Crippen molar-refractivity contribution in [1.29, 1.82) is 0 Å². The molecule has 0 radical (unpaired) electrons. The Morgan fingerprint density at radius 1 is 1.36 bits per heavy atom. The lowest BCUT2D eigenvalue weighted by Gasteiger charge is -2.16. The summed E-state index contributed by atoms with van der Waals surface area (Å²) in [5.41, 5.74) is -1.24. The van der Waals surface area contributed by atoms with E-state index >= 15 is 0 Å². The Morgan fingerprint density at radius 2 is 1.93 bits per heavy atom. The number of hydrogen-bond acceptors (Lipinski definition) is 1. The first-order valence-corrected chi connectivity index (χ1v) is 3.93. The van der Waals surface area contributed by atoms with Gasteiger partial charge in [0.25, 0.3) is 0 Å². The smallest absolute Gasteiger partial charge is 0.478 e. The van der Waals surface area contributed by atoms with Gasteiger partial charge in [0.1, 0.15) is 0 Å². The molecule has 1 aromatic carbocycles. The van der Waals surface area contributed by atoms with Crippen molar-refractivity contribution in [2.45, 2.75) is 0 Å². The molecule has 0 bridgehead atoms. The van der Waals surface area contributed by atoms with Crippen LogP contribution in [-0.4, -0.2) is 18.1 Å². The first kappa shape index (κ1) is 10.9. The van der Waals surface area contributed by atoms with Gasteiger partial charge in [0.05, 0.1) is 5.56 Å². The average Bonchev–Trinajstić information content (AvgIpc) is 2.01. The predicted octanol–water partition coefficient (Wildman–Crippen LogP) is 2.09. The molecule has 0 spiro atoms. The molecule has 0 atom stereocenters. The summed E-state index contributed by atoms with van der Waals surface area (Å²) in [5.74, 6) is -1.31. The Kier molecular flexibility index (Phi) is 2.75. The van der Waals surface area contributed by atoms with Crippen LogP contribution in [0.2, 0.25) is 5.02 Å². The van der Waals surface area contributed by atoms with Crippen molar-refractivity contribution in [2.75, 3.05) is 0 Å². The zero-order valence-electron chi connectivity index (χ0n) is 6.68. The fraction of sp³-hybridized carbons (Fsp3) is 0. The summed E-state index contributed by atoms with van der Waals surface area (Å²) in [6.07, 6.45) is 0. The Labute approximate surface area is 82.4 Å². The summed E-state index contributed by atoms with van der Waals surface area (Å²) >= 11 is 5.29. The standard InChI is InChI=1S/C7H4BClF3O2/c9-6-3-4(7(13)14)1-2-5(6)8(10,11)12/h1-3H,(H,13,14)/q-1. The number of carboxylic acids is 1. The molecule has 0 aliphatic rings. The van der Waals surface area contributed by atoms with Crippen LogP contribution in [0.15, 0.2) is 18.2 Å². The zero-order chi connectivity index (χ0) is 10.9. The number of halogens is 4. The van der Waals surface area contributed by atoms with Crippen molar-refractivity contribution < 1.29 is 22.8 Å². The highest BCUT2D eigenvalue weighted by Gasteiger charge is 2.28. The summed E-state index contributed by atoms with van der Waals surface area (Å²) in [7, 11) is 0. The highest BCUT2D eigenvalue weighted by Crippen LogP contribution is 2.17. The van der Waals surface area contributed by atoms with Crippen LogP contribution < -0.4 is 5.46 Å². The molecular formula is C7H4BClF3O2-. The van der Waals surface area contributed by atoms with E-state index < -0.39 is 23.4 Å². The topological polar surface area (TPSA) is 37.3 Å². The largest absolute Gasteiger partial charge is 0.511 e. The molecule has 0 heterocycles. The molecule has 0 saturated heterocycles. The van der Waals surface area contributed by atoms with Gasteiger partial charge >= 0.3 is 12.9 Å². The maximum atomic E-state index is 12.2. The molecule has 0 unspecified atom stereocenters. The van der Waals surface area contributed by atoms with Crippen molar-refractivity contribution in [2.24, 2.45) is 0 Å².